The van der Waals surface area contributed by atoms with Crippen molar-refractivity contribution in [3.8, 4) is 0 Å². The average Bonchev–Trinajstić information content (AvgIpc) is 3.01. The minimum Gasteiger partial charge on any atom is -0.368 e. The summed E-state index contributed by atoms with van der Waals surface area (Å²) in [5.74, 6) is 0. The molecule has 0 radical (unpaired) electrons. The molecule has 1 aliphatic rings. The summed E-state index contributed by atoms with van der Waals surface area (Å²) in [5.41, 5.74) is 2.53. The van der Waals surface area contributed by atoms with Gasteiger partial charge in [0.15, 0.2) is 5.13 Å². The fourth-order valence-corrected chi connectivity index (χ4v) is 3.82. The van der Waals surface area contributed by atoms with Crippen molar-refractivity contribution in [2.24, 2.45) is 0 Å². The van der Waals surface area contributed by atoms with Crippen LogP contribution in [0.5, 0.6) is 0 Å². The number of aromatic nitrogens is 1. The number of halogens is 2. The normalized spacial score (nSPS) is 15.7. The maximum absolute atomic E-state index is 6.07. The van der Waals surface area contributed by atoms with Crippen LogP contribution in [-0.4, -0.2) is 31.2 Å². The second kappa shape index (κ2) is 6.33. The molecule has 1 aromatic heterocycles. The van der Waals surface area contributed by atoms with E-state index in [0.717, 1.165) is 41.7 Å². The fraction of sp³-hybridized carbons (Fsp3) is 0.357. The lowest BCUT2D eigenvalue weighted by Crippen LogP contribution is -2.46. The number of nitrogens with zero attached hydrogens (tertiary/aromatic N) is 3. The molecule has 1 aliphatic heterocycles. The molecule has 1 fully saturated rings. The van der Waals surface area contributed by atoms with E-state index in [1.807, 2.05) is 23.7 Å². The van der Waals surface area contributed by atoms with Gasteiger partial charge in [-0.05, 0) is 23.8 Å². The van der Waals surface area contributed by atoms with Crippen molar-refractivity contribution in [2.75, 3.05) is 36.0 Å². The van der Waals surface area contributed by atoms with Crippen LogP contribution in [0.4, 0.5) is 10.8 Å². The number of piperazine rings is 1. The van der Waals surface area contributed by atoms with Gasteiger partial charge in [-0.1, -0.05) is 27.5 Å². The first-order chi connectivity index (χ1) is 9.78. The van der Waals surface area contributed by atoms with Crippen LogP contribution >= 0.6 is 38.9 Å². The molecule has 0 N–H and O–H groups in total. The highest BCUT2D eigenvalue weighted by Gasteiger charge is 2.20. The lowest BCUT2D eigenvalue weighted by Gasteiger charge is -2.36. The van der Waals surface area contributed by atoms with Crippen molar-refractivity contribution in [3.05, 3.63) is 40.4 Å². The Kier molecular flexibility index (Phi) is 4.48. The number of hydrogen-bond donors (Lipinski definition) is 0. The molecule has 2 heterocycles. The molecule has 0 aliphatic carbocycles. The third kappa shape index (κ3) is 2.95. The van der Waals surface area contributed by atoms with Gasteiger partial charge in [-0.25, -0.2) is 4.98 Å². The van der Waals surface area contributed by atoms with Gasteiger partial charge < -0.3 is 9.80 Å². The van der Waals surface area contributed by atoms with Gasteiger partial charge in [-0.2, -0.15) is 0 Å². The molecule has 106 valence electrons. The van der Waals surface area contributed by atoms with Crippen molar-refractivity contribution in [3.63, 3.8) is 0 Å². The summed E-state index contributed by atoms with van der Waals surface area (Å²) in [6, 6.07) is 6.13. The number of alkyl halides is 1. The molecule has 3 rings (SSSR count). The number of thiazole rings is 1. The molecule has 0 atom stereocenters. The Morgan fingerprint density at radius 3 is 2.60 bits per heavy atom. The van der Waals surface area contributed by atoms with Crippen molar-refractivity contribution in [1.82, 2.24) is 4.98 Å². The molecule has 2 aromatic rings. The Balaban J connectivity index is 1.72. The number of benzene rings is 1. The summed E-state index contributed by atoms with van der Waals surface area (Å²) in [5, 5.41) is 4.78. The van der Waals surface area contributed by atoms with Crippen LogP contribution in [0.2, 0.25) is 5.02 Å². The Morgan fingerprint density at radius 2 is 1.95 bits per heavy atom. The molecule has 1 aromatic carbocycles. The highest BCUT2D eigenvalue weighted by Crippen LogP contribution is 2.28. The van der Waals surface area contributed by atoms with Gasteiger partial charge >= 0.3 is 0 Å². The second-order valence-corrected chi connectivity index (χ2v) is 6.57. The van der Waals surface area contributed by atoms with Gasteiger partial charge in [-0.15, -0.1) is 11.3 Å². The third-order valence-electron chi connectivity index (χ3n) is 3.50. The Morgan fingerprint density at radius 1 is 1.20 bits per heavy atom. The third-order valence-corrected chi connectivity index (χ3v) is 5.17. The number of rotatable bonds is 3. The van der Waals surface area contributed by atoms with E-state index in [0.29, 0.717) is 0 Å². The van der Waals surface area contributed by atoms with Crippen molar-refractivity contribution in [2.45, 2.75) is 5.33 Å². The molecule has 0 amide bonds. The molecule has 0 unspecified atom stereocenters. The molecular formula is C14H15BrClN3S. The van der Waals surface area contributed by atoms with E-state index >= 15 is 0 Å². The maximum Gasteiger partial charge on any atom is 0.185 e. The summed E-state index contributed by atoms with van der Waals surface area (Å²) in [4.78, 5) is 9.16. The van der Waals surface area contributed by atoms with Crippen LogP contribution in [0.15, 0.2) is 29.8 Å². The standard InChI is InChI=1S/C14H15BrClN3S/c15-10-11-9-12(16)1-2-13(11)18-4-6-19(7-5-18)14-17-3-8-20-14/h1-3,8-9H,4-7,10H2. The van der Waals surface area contributed by atoms with Crippen LogP contribution in [0.3, 0.4) is 0 Å². The molecule has 0 spiro atoms. The van der Waals surface area contributed by atoms with Crippen molar-refractivity contribution < 1.29 is 0 Å². The first-order valence-corrected chi connectivity index (χ1v) is 8.89. The van der Waals surface area contributed by atoms with E-state index in [4.69, 9.17) is 11.6 Å². The van der Waals surface area contributed by atoms with E-state index < -0.39 is 0 Å². The number of anilines is 2. The van der Waals surface area contributed by atoms with E-state index in [1.54, 1.807) is 11.3 Å². The second-order valence-electron chi connectivity index (χ2n) is 4.70. The van der Waals surface area contributed by atoms with E-state index in [-0.39, 0.29) is 0 Å². The van der Waals surface area contributed by atoms with Crippen LogP contribution in [-0.2, 0) is 5.33 Å². The van der Waals surface area contributed by atoms with Gasteiger partial charge in [-0.3, -0.25) is 0 Å². The summed E-state index contributed by atoms with van der Waals surface area (Å²) in [6.07, 6.45) is 1.87. The summed E-state index contributed by atoms with van der Waals surface area (Å²) >= 11 is 11.3. The Labute approximate surface area is 136 Å². The molecule has 3 nitrogen and oxygen atoms in total. The monoisotopic (exact) mass is 371 g/mol. The largest absolute Gasteiger partial charge is 0.368 e. The molecular weight excluding hydrogens is 358 g/mol. The van der Waals surface area contributed by atoms with Crippen LogP contribution in [0, 0.1) is 0 Å². The Hall–Kier alpha value is -0.780. The highest BCUT2D eigenvalue weighted by atomic mass is 79.9. The van der Waals surface area contributed by atoms with Crippen molar-refractivity contribution >= 4 is 49.7 Å². The zero-order valence-electron chi connectivity index (χ0n) is 10.9. The summed E-state index contributed by atoms with van der Waals surface area (Å²) in [7, 11) is 0. The maximum atomic E-state index is 6.07. The van der Waals surface area contributed by atoms with Crippen LogP contribution < -0.4 is 9.80 Å². The topological polar surface area (TPSA) is 19.4 Å². The smallest absolute Gasteiger partial charge is 0.185 e. The van der Waals surface area contributed by atoms with E-state index in [1.165, 1.54) is 11.3 Å². The zero-order valence-corrected chi connectivity index (χ0v) is 14.1. The predicted molar refractivity (Wildman–Crippen MR) is 90.6 cm³/mol. The van der Waals surface area contributed by atoms with Gasteiger partial charge in [0.2, 0.25) is 0 Å². The molecule has 20 heavy (non-hydrogen) atoms. The van der Waals surface area contributed by atoms with Gasteiger partial charge in [0, 0.05) is 53.8 Å². The average molecular weight is 373 g/mol. The SMILES string of the molecule is Clc1ccc(N2CCN(c3nccs3)CC2)c(CBr)c1. The quantitative estimate of drug-likeness (QED) is 0.759. The molecule has 0 bridgehead atoms. The van der Waals surface area contributed by atoms with Crippen LogP contribution in [0.1, 0.15) is 5.56 Å². The fourth-order valence-electron chi connectivity index (χ4n) is 2.48. The van der Waals surface area contributed by atoms with E-state index in [9.17, 15) is 0 Å². The first kappa shape index (κ1) is 14.2. The zero-order chi connectivity index (χ0) is 13.9. The summed E-state index contributed by atoms with van der Waals surface area (Å²) < 4.78 is 0. The molecule has 0 saturated carbocycles. The lowest BCUT2D eigenvalue weighted by atomic mass is 10.1. The minimum atomic E-state index is 0.796. The first-order valence-electron chi connectivity index (χ1n) is 6.51. The summed E-state index contributed by atoms with van der Waals surface area (Å²) in [6.45, 7) is 4.05. The van der Waals surface area contributed by atoms with E-state index in [2.05, 4.69) is 36.8 Å². The van der Waals surface area contributed by atoms with Crippen molar-refractivity contribution in [1.29, 1.82) is 0 Å². The van der Waals surface area contributed by atoms with Gasteiger partial charge in [0.25, 0.3) is 0 Å². The van der Waals surface area contributed by atoms with Crippen LogP contribution in [0.25, 0.3) is 0 Å². The molecule has 6 heteroatoms. The minimum absolute atomic E-state index is 0.796. The lowest BCUT2D eigenvalue weighted by molar-refractivity contribution is 0.651. The highest BCUT2D eigenvalue weighted by molar-refractivity contribution is 9.08. The van der Waals surface area contributed by atoms with Gasteiger partial charge in [0.1, 0.15) is 0 Å². The van der Waals surface area contributed by atoms with Gasteiger partial charge in [0.05, 0.1) is 0 Å². The predicted octanol–water partition coefficient (Wildman–Crippen LogP) is 4.02. The Bertz CT molecular complexity index is 568. The molecule has 1 saturated heterocycles. The number of hydrogen-bond acceptors (Lipinski definition) is 4.